The molecule has 2 aromatic carbocycles. The topological polar surface area (TPSA) is 73.9 Å². The van der Waals surface area contributed by atoms with Crippen LogP contribution in [0.25, 0.3) is 6.08 Å². The molecule has 0 radical (unpaired) electrons. The number of esters is 1. The third-order valence-electron chi connectivity index (χ3n) is 4.27. The Morgan fingerprint density at radius 2 is 1.93 bits per heavy atom. The quantitative estimate of drug-likeness (QED) is 0.667. The summed E-state index contributed by atoms with van der Waals surface area (Å²) in [5.41, 5.74) is 5.77. The van der Waals surface area contributed by atoms with Gasteiger partial charge in [-0.1, -0.05) is 18.2 Å². The lowest BCUT2D eigenvalue weighted by Crippen LogP contribution is -2.33. The number of carbonyl (C=O) groups is 1. The average molecular weight is 436 g/mol. The number of ether oxygens (including phenoxy) is 2. The van der Waals surface area contributed by atoms with E-state index in [-0.39, 0.29) is 17.7 Å². The zero-order valence-electron chi connectivity index (χ0n) is 16.0. The van der Waals surface area contributed by atoms with Crippen LogP contribution in [0.4, 0.5) is 13.2 Å². The van der Waals surface area contributed by atoms with Gasteiger partial charge in [0.05, 0.1) is 18.6 Å². The first-order valence-electron chi connectivity index (χ1n) is 8.92. The molecule has 5 nitrogen and oxygen atoms in total. The summed E-state index contributed by atoms with van der Waals surface area (Å²) in [6.07, 6.45) is -1.23. The molecule has 2 N–H and O–H groups in total. The summed E-state index contributed by atoms with van der Waals surface area (Å²) in [5, 5.41) is 0. The monoisotopic (exact) mass is 436 g/mol. The van der Waals surface area contributed by atoms with E-state index >= 15 is 0 Å². The molecule has 2 aromatic rings. The lowest BCUT2D eigenvalue weighted by atomic mass is 10.1. The molecule has 0 aliphatic carbocycles. The van der Waals surface area contributed by atoms with Crippen LogP contribution in [0.5, 0.6) is 11.5 Å². The van der Waals surface area contributed by atoms with E-state index in [1.165, 1.54) is 37.1 Å². The third-order valence-corrected chi connectivity index (χ3v) is 5.11. The Labute approximate surface area is 175 Å². The Hall–Kier alpha value is -2.78. The molecular weight excluding hydrogens is 417 g/mol. The fourth-order valence-corrected chi connectivity index (χ4v) is 3.45. The van der Waals surface area contributed by atoms with Crippen LogP contribution in [0.3, 0.4) is 0 Å². The van der Waals surface area contributed by atoms with Crippen molar-refractivity contribution in [3.05, 3.63) is 64.1 Å². The highest BCUT2D eigenvalue weighted by Crippen LogP contribution is 2.37. The maximum Gasteiger partial charge on any atom is 0.417 e. The van der Waals surface area contributed by atoms with Crippen LogP contribution in [0.15, 0.2) is 52.4 Å². The maximum absolute atomic E-state index is 13.5. The SMILES string of the molecule is COC(=O)C(N)Cc1ccc(Oc2ccc(C=C3C=NCS3)c(C(F)(F)F)c2)cc1. The lowest BCUT2D eigenvalue weighted by Gasteiger charge is -2.14. The van der Waals surface area contributed by atoms with E-state index in [2.05, 4.69) is 9.73 Å². The van der Waals surface area contributed by atoms with E-state index in [0.717, 1.165) is 11.6 Å². The number of hydrogen-bond donors (Lipinski definition) is 1. The van der Waals surface area contributed by atoms with Crippen molar-refractivity contribution in [3.8, 4) is 11.5 Å². The first-order chi connectivity index (χ1) is 14.3. The van der Waals surface area contributed by atoms with Gasteiger partial charge in [0, 0.05) is 11.1 Å². The van der Waals surface area contributed by atoms with Crippen molar-refractivity contribution in [2.75, 3.05) is 13.0 Å². The van der Waals surface area contributed by atoms with Crippen LogP contribution >= 0.6 is 11.8 Å². The van der Waals surface area contributed by atoms with Gasteiger partial charge < -0.3 is 15.2 Å². The zero-order valence-corrected chi connectivity index (χ0v) is 16.8. The van der Waals surface area contributed by atoms with Gasteiger partial charge >= 0.3 is 12.1 Å². The Kier molecular flexibility index (Phi) is 6.84. The standard InChI is InChI=1S/C21H19F3N2O3S/c1-28-20(27)19(25)8-13-2-5-15(6-3-13)29-16-7-4-14(9-17-11-26-12-30-17)18(10-16)21(22,23)24/h2-7,9-11,19H,8,12,25H2,1H3. The van der Waals surface area contributed by atoms with Crippen molar-refractivity contribution in [2.24, 2.45) is 10.7 Å². The predicted molar refractivity (Wildman–Crippen MR) is 111 cm³/mol. The molecule has 1 heterocycles. The molecule has 1 aliphatic rings. The van der Waals surface area contributed by atoms with Crippen LogP contribution in [-0.4, -0.2) is 31.2 Å². The molecule has 0 bridgehead atoms. The largest absolute Gasteiger partial charge is 0.468 e. The van der Waals surface area contributed by atoms with E-state index in [4.69, 9.17) is 10.5 Å². The predicted octanol–water partition coefficient (Wildman–Crippen LogP) is 4.66. The number of halogens is 3. The van der Waals surface area contributed by atoms with Crippen molar-refractivity contribution in [2.45, 2.75) is 18.6 Å². The molecule has 9 heteroatoms. The van der Waals surface area contributed by atoms with Crippen molar-refractivity contribution >= 4 is 30.0 Å². The van der Waals surface area contributed by atoms with Crippen molar-refractivity contribution in [3.63, 3.8) is 0 Å². The zero-order chi connectivity index (χ0) is 21.7. The summed E-state index contributed by atoms with van der Waals surface area (Å²) in [6, 6.07) is 9.64. The number of benzene rings is 2. The Morgan fingerprint density at radius 1 is 1.23 bits per heavy atom. The summed E-state index contributed by atoms with van der Waals surface area (Å²) in [7, 11) is 1.26. The first-order valence-corrected chi connectivity index (χ1v) is 9.90. The highest BCUT2D eigenvalue weighted by Gasteiger charge is 2.33. The highest BCUT2D eigenvalue weighted by atomic mass is 32.2. The summed E-state index contributed by atoms with van der Waals surface area (Å²) in [5.74, 6) is 0.418. The fraction of sp³-hybridized carbons (Fsp3) is 0.238. The normalized spacial score (nSPS) is 16.0. The van der Waals surface area contributed by atoms with E-state index in [0.29, 0.717) is 16.5 Å². The molecule has 0 saturated heterocycles. The fourth-order valence-electron chi connectivity index (χ4n) is 2.80. The smallest absolute Gasteiger partial charge is 0.417 e. The van der Waals surface area contributed by atoms with Crippen LogP contribution in [0.1, 0.15) is 16.7 Å². The van der Waals surface area contributed by atoms with Gasteiger partial charge in [0.2, 0.25) is 0 Å². The minimum absolute atomic E-state index is 0.0536. The minimum atomic E-state index is -4.53. The Morgan fingerprint density at radius 3 is 2.53 bits per heavy atom. The number of hydrogen-bond acceptors (Lipinski definition) is 6. The Balaban J connectivity index is 1.77. The van der Waals surface area contributed by atoms with Crippen LogP contribution < -0.4 is 10.5 Å². The van der Waals surface area contributed by atoms with Crippen LogP contribution in [-0.2, 0) is 22.1 Å². The molecule has 1 aliphatic heterocycles. The number of methoxy groups -OCH3 is 1. The van der Waals surface area contributed by atoms with Gasteiger partial charge in [-0.05, 0) is 47.9 Å². The summed E-state index contributed by atoms with van der Waals surface area (Å²) < 4.78 is 50.8. The molecule has 0 aromatic heterocycles. The number of nitrogens with zero attached hydrogens (tertiary/aromatic N) is 1. The average Bonchev–Trinajstić information content (AvgIpc) is 3.22. The van der Waals surface area contributed by atoms with Crippen LogP contribution in [0.2, 0.25) is 0 Å². The number of aliphatic imine (C=N–C) groups is 1. The van der Waals surface area contributed by atoms with Gasteiger partial charge in [-0.25, -0.2) is 0 Å². The van der Waals surface area contributed by atoms with Gasteiger partial charge in [-0.15, -0.1) is 11.8 Å². The number of thioether (sulfide) groups is 1. The minimum Gasteiger partial charge on any atom is -0.468 e. The summed E-state index contributed by atoms with van der Waals surface area (Å²) in [4.78, 5) is 16.1. The van der Waals surface area contributed by atoms with Crippen molar-refractivity contribution < 1.29 is 27.4 Å². The summed E-state index contributed by atoms with van der Waals surface area (Å²) >= 11 is 1.37. The molecule has 0 fully saturated rings. The van der Waals surface area contributed by atoms with Gasteiger partial charge in [0.25, 0.3) is 0 Å². The number of nitrogens with two attached hydrogens (primary N) is 1. The van der Waals surface area contributed by atoms with Gasteiger partial charge in [0.1, 0.15) is 17.5 Å². The number of carbonyl (C=O) groups excluding carboxylic acids is 1. The number of rotatable bonds is 6. The van der Waals surface area contributed by atoms with Crippen LogP contribution in [0, 0.1) is 0 Å². The second-order valence-corrected chi connectivity index (χ2v) is 7.48. The van der Waals surface area contributed by atoms with Crippen molar-refractivity contribution in [1.29, 1.82) is 0 Å². The van der Waals surface area contributed by atoms with E-state index < -0.39 is 23.8 Å². The molecule has 1 unspecified atom stereocenters. The van der Waals surface area contributed by atoms with Gasteiger partial charge in [0.15, 0.2) is 0 Å². The van der Waals surface area contributed by atoms with Gasteiger partial charge in [-0.2, -0.15) is 13.2 Å². The molecule has 158 valence electrons. The molecule has 0 amide bonds. The molecule has 3 rings (SSSR count). The van der Waals surface area contributed by atoms with Gasteiger partial charge in [-0.3, -0.25) is 9.79 Å². The summed E-state index contributed by atoms with van der Waals surface area (Å²) in [6.45, 7) is 0. The number of alkyl halides is 3. The third kappa shape index (κ3) is 5.64. The maximum atomic E-state index is 13.5. The molecule has 1 atom stereocenters. The van der Waals surface area contributed by atoms with E-state index in [1.54, 1.807) is 30.5 Å². The highest BCUT2D eigenvalue weighted by molar-refractivity contribution is 8.04. The van der Waals surface area contributed by atoms with E-state index in [1.807, 2.05) is 0 Å². The second kappa shape index (κ2) is 9.36. The second-order valence-electron chi connectivity index (χ2n) is 6.46. The molecule has 0 spiro atoms. The molecule has 30 heavy (non-hydrogen) atoms. The number of allylic oxidation sites excluding steroid dienone is 1. The lowest BCUT2D eigenvalue weighted by molar-refractivity contribution is -0.142. The molecular formula is C21H19F3N2O3S. The van der Waals surface area contributed by atoms with E-state index in [9.17, 15) is 18.0 Å². The first kappa shape index (κ1) is 21.9. The Bertz CT molecular complexity index is 972. The van der Waals surface area contributed by atoms with Crippen molar-refractivity contribution in [1.82, 2.24) is 0 Å². The molecule has 0 saturated carbocycles.